The molecule has 1 fully saturated rings. The molecular weight excluding hydrogens is 416 g/mol. The van der Waals surface area contributed by atoms with Crippen LogP contribution in [0.25, 0.3) is 0 Å². The van der Waals surface area contributed by atoms with E-state index >= 15 is 0 Å². The molecule has 0 atom stereocenters. The van der Waals surface area contributed by atoms with E-state index in [4.69, 9.17) is 4.74 Å². The highest BCUT2D eigenvalue weighted by molar-refractivity contribution is 5.38. The van der Waals surface area contributed by atoms with Crippen molar-refractivity contribution in [1.82, 2.24) is 14.9 Å². The molecule has 1 aromatic heterocycles. The zero-order valence-corrected chi connectivity index (χ0v) is 17.5. The standard InChI is InChI=1S/C21H26F4N4O2/c1-3-9-28(2)14-20(30)7-10-29(11-8-20)19-26-17(21(23,24)25)13-18(27-19)31-16-6-4-5-15(22)12-16/h4-6,12-13,30H,3,7-11,14H2,1-2H3. The second-order valence-electron chi connectivity index (χ2n) is 7.90. The molecule has 3 rings (SSSR count). The molecule has 0 amide bonds. The average molecular weight is 442 g/mol. The van der Waals surface area contributed by atoms with Gasteiger partial charge in [0.25, 0.3) is 0 Å². The van der Waals surface area contributed by atoms with Crippen molar-refractivity contribution in [2.75, 3.05) is 38.1 Å². The van der Waals surface area contributed by atoms with E-state index in [0.717, 1.165) is 19.0 Å². The maximum Gasteiger partial charge on any atom is 0.433 e. The minimum atomic E-state index is -4.70. The summed E-state index contributed by atoms with van der Waals surface area (Å²) in [5.74, 6) is -1.01. The van der Waals surface area contributed by atoms with Gasteiger partial charge in [0, 0.05) is 31.8 Å². The Balaban J connectivity index is 1.79. The highest BCUT2D eigenvalue weighted by Gasteiger charge is 2.37. The summed E-state index contributed by atoms with van der Waals surface area (Å²) in [4.78, 5) is 11.4. The molecule has 170 valence electrons. The van der Waals surface area contributed by atoms with E-state index in [-0.39, 0.29) is 17.6 Å². The second-order valence-corrected chi connectivity index (χ2v) is 7.90. The fourth-order valence-electron chi connectivity index (χ4n) is 3.65. The molecule has 0 spiro atoms. The van der Waals surface area contributed by atoms with Crippen LogP contribution in [-0.4, -0.2) is 58.8 Å². The lowest BCUT2D eigenvalue weighted by atomic mass is 9.91. The van der Waals surface area contributed by atoms with E-state index in [9.17, 15) is 22.7 Å². The van der Waals surface area contributed by atoms with E-state index in [2.05, 4.69) is 16.9 Å². The molecule has 1 N–H and O–H groups in total. The minimum absolute atomic E-state index is 0.0322. The van der Waals surface area contributed by atoms with Crippen molar-refractivity contribution in [3.63, 3.8) is 0 Å². The summed E-state index contributed by atoms with van der Waals surface area (Å²) in [6.07, 6.45) is -2.98. The number of nitrogens with zero attached hydrogens (tertiary/aromatic N) is 4. The van der Waals surface area contributed by atoms with Crippen molar-refractivity contribution in [1.29, 1.82) is 0 Å². The maximum absolute atomic E-state index is 13.4. The van der Waals surface area contributed by atoms with Crippen molar-refractivity contribution in [3.05, 3.63) is 41.8 Å². The monoisotopic (exact) mass is 442 g/mol. The SMILES string of the molecule is CCCN(C)CC1(O)CCN(c2nc(Oc3cccc(F)c3)cc(C(F)(F)F)n2)CC1. The van der Waals surface area contributed by atoms with Crippen LogP contribution in [0.15, 0.2) is 30.3 Å². The van der Waals surface area contributed by atoms with Gasteiger partial charge in [0.15, 0.2) is 5.69 Å². The van der Waals surface area contributed by atoms with E-state index in [0.29, 0.717) is 38.5 Å². The van der Waals surface area contributed by atoms with Gasteiger partial charge in [-0.05, 0) is 45.0 Å². The lowest BCUT2D eigenvalue weighted by Crippen LogP contribution is -2.50. The Labute approximate surface area is 178 Å². The van der Waals surface area contributed by atoms with Crippen LogP contribution >= 0.6 is 0 Å². The molecule has 1 saturated heterocycles. The van der Waals surface area contributed by atoms with Gasteiger partial charge in [-0.2, -0.15) is 18.2 Å². The summed E-state index contributed by atoms with van der Waals surface area (Å²) in [5.41, 5.74) is -2.06. The molecule has 6 nitrogen and oxygen atoms in total. The average Bonchev–Trinajstić information content (AvgIpc) is 2.67. The van der Waals surface area contributed by atoms with Crippen molar-refractivity contribution < 1.29 is 27.4 Å². The molecule has 10 heteroatoms. The first-order chi connectivity index (χ1) is 14.6. The summed E-state index contributed by atoms with van der Waals surface area (Å²) >= 11 is 0. The van der Waals surface area contributed by atoms with Gasteiger partial charge in [0.2, 0.25) is 11.8 Å². The van der Waals surface area contributed by atoms with Crippen LogP contribution in [0, 0.1) is 5.82 Å². The molecule has 1 aliphatic rings. The number of rotatable bonds is 7. The first-order valence-corrected chi connectivity index (χ1v) is 10.1. The quantitative estimate of drug-likeness (QED) is 0.652. The van der Waals surface area contributed by atoms with Crippen LogP contribution in [0.1, 0.15) is 31.9 Å². The summed E-state index contributed by atoms with van der Waals surface area (Å²) in [7, 11) is 1.93. The van der Waals surface area contributed by atoms with Crippen LogP contribution in [0.3, 0.4) is 0 Å². The minimum Gasteiger partial charge on any atom is -0.439 e. The number of hydrogen-bond donors (Lipinski definition) is 1. The maximum atomic E-state index is 13.4. The second kappa shape index (κ2) is 9.35. The Bertz CT molecular complexity index is 886. The molecule has 0 bridgehead atoms. The van der Waals surface area contributed by atoms with Gasteiger partial charge in [-0.3, -0.25) is 0 Å². The molecule has 0 aliphatic carbocycles. The summed E-state index contributed by atoms with van der Waals surface area (Å²) < 4.78 is 58.9. The van der Waals surface area contributed by atoms with E-state index in [1.165, 1.54) is 18.2 Å². The number of halogens is 4. The third-order valence-corrected chi connectivity index (χ3v) is 5.15. The van der Waals surface area contributed by atoms with Crippen molar-refractivity contribution >= 4 is 5.95 Å². The predicted octanol–water partition coefficient (Wildman–Crippen LogP) is 4.10. The van der Waals surface area contributed by atoms with Gasteiger partial charge < -0.3 is 19.6 Å². The predicted molar refractivity (Wildman–Crippen MR) is 108 cm³/mol. The van der Waals surface area contributed by atoms with Crippen LogP contribution in [0.5, 0.6) is 11.6 Å². The van der Waals surface area contributed by atoms with Crippen molar-refractivity contribution in [2.24, 2.45) is 0 Å². The van der Waals surface area contributed by atoms with Gasteiger partial charge >= 0.3 is 6.18 Å². The normalized spacial score (nSPS) is 16.6. The summed E-state index contributed by atoms with van der Waals surface area (Å²) in [6.45, 7) is 4.00. The molecule has 1 aliphatic heterocycles. The highest BCUT2D eigenvalue weighted by atomic mass is 19.4. The molecule has 0 saturated carbocycles. The molecule has 2 heterocycles. The van der Waals surface area contributed by atoms with Crippen molar-refractivity contribution in [2.45, 2.75) is 38.0 Å². The number of aliphatic hydroxyl groups is 1. The van der Waals surface area contributed by atoms with E-state index in [1.54, 1.807) is 4.90 Å². The summed E-state index contributed by atoms with van der Waals surface area (Å²) in [5, 5.41) is 10.8. The molecule has 2 aromatic rings. The third-order valence-electron chi connectivity index (χ3n) is 5.15. The molecule has 31 heavy (non-hydrogen) atoms. The lowest BCUT2D eigenvalue weighted by Gasteiger charge is -2.40. The highest BCUT2D eigenvalue weighted by Crippen LogP contribution is 2.34. The number of hydrogen-bond acceptors (Lipinski definition) is 6. The van der Waals surface area contributed by atoms with Gasteiger partial charge in [-0.25, -0.2) is 9.37 Å². The topological polar surface area (TPSA) is 61.7 Å². The molecule has 0 radical (unpaired) electrons. The third kappa shape index (κ3) is 6.27. The lowest BCUT2D eigenvalue weighted by molar-refractivity contribution is -0.141. The number of alkyl halides is 3. The largest absolute Gasteiger partial charge is 0.439 e. The number of likely N-dealkylation sites (N-methyl/N-ethyl adjacent to an activating group) is 1. The fourth-order valence-corrected chi connectivity index (χ4v) is 3.65. The number of piperidine rings is 1. The Morgan fingerprint density at radius 1 is 1.19 bits per heavy atom. The van der Waals surface area contributed by atoms with Crippen molar-refractivity contribution in [3.8, 4) is 11.6 Å². The zero-order chi connectivity index (χ0) is 22.6. The molecule has 0 unspecified atom stereocenters. The van der Waals surface area contributed by atoms with Crippen LogP contribution in [-0.2, 0) is 6.18 Å². The van der Waals surface area contributed by atoms with Gasteiger partial charge in [-0.15, -0.1) is 0 Å². The Hall–Kier alpha value is -2.46. The van der Waals surface area contributed by atoms with Crippen LogP contribution in [0.4, 0.5) is 23.5 Å². The van der Waals surface area contributed by atoms with Crippen LogP contribution in [0.2, 0.25) is 0 Å². The fraction of sp³-hybridized carbons (Fsp3) is 0.524. The Kier molecular flexibility index (Phi) is 7.00. The van der Waals surface area contributed by atoms with E-state index in [1.807, 2.05) is 11.9 Å². The first-order valence-electron chi connectivity index (χ1n) is 10.1. The van der Waals surface area contributed by atoms with Gasteiger partial charge in [0.05, 0.1) is 5.60 Å². The smallest absolute Gasteiger partial charge is 0.433 e. The zero-order valence-electron chi connectivity index (χ0n) is 17.5. The first kappa shape index (κ1) is 23.2. The number of ether oxygens (including phenoxy) is 1. The van der Waals surface area contributed by atoms with E-state index < -0.39 is 23.3 Å². The molecule has 1 aromatic carbocycles. The van der Waals surface area contributed by atoms with Gasteiger partial charge in [-0.1, -0.05) is 13.0 Å². The number of aromatic nitrogens is 2. The number of anilines is 1. The Morgan fingerprint density at radius 2 is 1.90 bits per heavy atom. The molecular formula is C21H26F4N4O2. The van der Waals surface area contributed by atoms with Crippen LogP contribution < -0.4 is 9.64 Å². The number of benzene rings is 1. The van der Waals surface area contributed by atoms with Gasteiger partial charge in [0.1, 0.15) is 11.6 Å². The Morgan fingerprint density at radius 3 is 2.52 bits per heavy atom. The summed E-state index contributed by atoms with van der Waals surface area (Å²) in [6, 6.07) is 5.76.